The molecule has 1 spiro atoms. The SMILES string of the molecule is COc1cc(C(=O)[C@@H]2C(=O)c3cc(-c4cncc(C(=O)[O-])c4)ccc3OC23CCNCC3)cc2c1c(Cl)cn2C1CC1.[Na+]. The number of hydrogen-bond donors (Lipinski definition) is 1. The Labute approximate surface area is 274 Å². The van der Waals surface area contributed by atoms with Crippen molar-refractivity contribution in [3.05, 3.63) is 76.7 Å². The summed E-state index contributed by atoms with van der Waals surface area (Å²) in [7, 11) is 1.54. The van der Waals surface area contributed by atoms with Crippen molar-refractivity contribution in [1.29, 1.82) is 0 Å². The largest absolute Gasteiger partial charge is 1.00 e. The molecule has 1 atom stereocenters. The first kappa shape index (κ1) is 29.8. The number of aromatic nitrogens is 2. The summed E-state index contributed by atoms with van der Waals surface area (Å²) >= 11 is 6.60. The first-order chi connectivity index (χ1) is 20.3. The Bertz CT molecular complexity index is 1790. The van der Waals surface area contributed by atoms with E-state index in [2.05, 4.69) is 14.9 Å². The fourth-order valence-electron chi connectivity index (χ4n) is 6.40. The van der Waals surface area contributed by atoms with Crippen molar-refractivity contribution in [2.75, 3.05) is 20.2 Å². The summed E-state index contributed by atoms with van der Waals surface area (Å²) in [4.78, 5) is 44.3. The molecule has 9 nitrogen and oxygen atoms in total. The van der Waals surface area contributed by atoms with E-state index in [1.54, 1.807) is 31.4 Å². The second kappa shape index (κ2) is 11.4. The van der Waals surface area contributed by atoms with Gasteiger partial charge >= 0.3 is 29.6 Å². The number of benzene rings is 2. The second-order valence-corrected chi connectivity index (χ2v) is 11.6. The number of hydrogen-bond acceptors (Lipinski definition) is 8. The normalized spacial score (nSPS) is 18.9. The predicted molar refractivity (Wildman–Crippen MR) is 153 cm³/mol. The molecule has 7 rings (SSSR count). The van der Waals surface area contributed by atoms with Crippen molar-refractivity contribution in [3.8, 4) is 22.6 Å². The van der Waals surface area contributed by atoms with Gasteiger partial charge in [0.25, 0.3) is 0 Å². The Morgan fingerprint density at radius 3 is 2.56 bits per heavy atom. The molecule has 4 aromatic rings. The van der Waals surface area contributed by atoms with Crippen LogP contribution in [0.25, 0.3) is 22.0 Å². The van der Waals surface area contributed by atoms with Crippen LogP contribution in [-0.4, -0.2) is 52.9 Å². The monoisotopic (exact) mass is 607 g/mol. The van der Waals surface area contributed by atoms with Crippen molar-refractivity contribution < 1.29 is 58.5 Å². The minimum atomic E-state index is -1.35. The number of nitrogens with zero attached hydrogens (tertiary/aromatic N) is 2. The Morgan fingerprint density at radius 2 is 1.86 bits per heavy atom. The topological polar surface area (TPSA) is 123 Å². The number of carboxylic acids is 1. The number of ether oxygens (including phenoxy) is 2. The van der Waals surface area contributed by atoms with Crippen LogP contribution in [-0.2, 0) is 0 Å². The molecule has 0 bridgehead atoms. The van der Waals surface area contributed by atoms with Crippen LogP contribution in [0.4, 0.5) is 0 Å². The van der Waals surface area contributed by atoms with Gasteiger partial charge in [-0.2, -0.15) is 0 Å². The van der Waals surface area contributed by atoms with Gasteiger partial charge in [-0.1, -0.05) is 17.7 Å². The predicted octanol–water partition coefficient (Wildman–Crippen LogP) is 1.26. The number of methoxy groups -OCH3 is 1. The zero-order chi connectivity index (χ0) is 29.2. The average molecular weight is 608 g/mol. The molecule has 1 saturated heterocycles. The molecule has 43 heavy (non-hydrogen) atoms. The van der Waals surface area contributed by atoms with Crippen LogP contribution in [0.3, 0.4) is 0 Å². The number of piperidine rings is 1. The molecule has 0 radical (unpaired) electrons. The smallest absolute Gasteiger partial charge is 0.545 e. The quantitative estimate of drug-likeness (QED) is 0.198. The fourth-order valence-corrected chi connectivity index (χ4v) is 6.69. The van der Waals surface area contributed by atoms with Gasteiger partial charge in [0.1, 0.15) is 23.0 Å². The van der Waals surface area contributed by atoms with Crippen molar-refractivity contribution in [2.24, 2.45) is 5.92 Å². The maximum absolute atomic E-state index is 14.5. The molecule has 1 aliphatic carbocycles. The van der Waals surface area contributed by atoms with Crippen LogP contribution < -0.4 is 49.5 Å². The maximum atomic E-state index is 14.5. The van der Waals surface area contributed by atoms with E-state index >= 15 is 0 Å². The number of carbonyl (C=O) groups excluding carboxylic acids is 3. The minimum Gasteiger partial charge on any atom is -0.545 e. The van der Waals surface area contributed by atoms with Crippen LogP contribution in [0.5, 0.6) is 11.5 Å². The number of pyridine rings is 1. The van der Waals surface area contributed by atoms with E-state index in [0.29, 0.717) is 65.2 Å². The van der Waals surface area contributed by atoms with E-state index in [0.717, 1.165) is 23.7 Å². The van der Waals surface area contributed by atoms with Gasteiger partial charge in [-0.05, 0) is 61.8 Å². The van der Waals surface area contributed by atoms with E-state index in [9.17, 15) is 19.5 Å². The molecule has 3 aliphatic rings. The van der Waals surface area contributed by atoms with E-state index in [4.69, 9.17) is 21.1 Å². The molecular weight excluding hydrogens is 581 g/mol. The van der Waals surface area contributed by atoms with Crippen molar-refractivity contribution in [1.82, 2.24) is 14.9 Å². The summed E-state index contributed by atoms with van der Waals surface area (Å²) < 4.78 is 14.4. The summed E-state index contributed by atoms with van der Waals surface area (Å²) in [5.41, 5.74) is 1.43. The maximum Gasteiger partial charge on any atom is 1.00 e. The number of ketones is 2. The molecular formula is C32H27ClN3NaO6. The van der Waals surface area contributed by atoms with Crippen LogP contribution in [0.1, 0.15) is 62.8 Å². The van der Waals surface area contributed by atoms with Gasteiger partial charge in [0.15, 0.2) is 11.6 Å². The Balaban J connectivity index is 0.00000329. The van der Waals surface area contributed by atoms with Gasteiger partial charge in [-0.15, -0.1) is 0 Å². The standard InChI is InChI=1S/C32H28ClN3O6.Na/c1-41-26-13-18(12-24-27(26)23(33)16-36(24)21-3-4-21)29(37)28-30(38)22-11-17(19-10-20(31(39)40)15-35-14-19)2-5-25(22)42-32(28)6-8-34-9-7-32;/h2,5,10-16,21,28,34H,3-4,6-9H2,1H3,(H,39,40);/q;+1/p-1/t28-;/m1./s1. The summed E-state index contributed by atoms with van der Waals surface area (Å²) in [5, 5.41) is 16.0. The van der Waals surface area contributed by atoms with Crippen molar-refractivity contribution >= 4 is 40.0 Å². The van der Waals surface area contributed by atoms with Crippen molar-refractivity contribution in [3.63, 3.8) is 0 Å². The number of carbonyl (C=O) groups is 3. The van der Waals surface area contributed by atoms with Gasteiger partial charge in [0.05, 0.1) is 34.6 Å². The summed E-state index contributed by atoms with van der Waals surface area (Å²) in [6, 6.07) is 10.3. The molecule has 0 amide bonds. The average Bonchev–Trinajstić information content (AvgIpc) is 3.79. The van der Waals surface area contributed by atoms with Crippen LogP contribution in [0, 0.1) is 5.92 Å². The van der Waals surface area contributed by atoms with Crippen molar-refractivity contribution in [2.45, 2.75) is 37.3 Å². The first-order valence-corrected chi connectivity index (χ1v) is 14.3. The number of aromatic carboxylic acids is 1. The van der Waals surface area contributed by atoms with E-state index in [1.807, 2.05) is 12.3 Å². The number of nitrogens with one attached hydrogen (secondary N) is 1. The minimum absolute atomic E-state index is 0. The van der Waals surface area contributed by atoms with Gasteiger partial charge < -0.3 is 29.3 Å². The van der Waals surface area contributed by atoms with Crippen LogP contribution >= 0.6 is 11.6 Å². The number of fused-ring (bicyclic) bond motifs is 2. The third-order valence-electron chi connectivity index (χ3n) is 8.66. The Hall–Kier alpha value is -3.21. The van der Waals surface area contributed by atoms with Crippen LogP contribution in [0.2, 0.25) is 5.02 Å². The second-order valence-electron chi connectivity index (χ2n) is 11.2. The summed E-state index contributed by atoms with van der Waals surface area (Å²) in [5.74, 6) is -2.21. The summed E-state index contributed by atoms with van der Waals surface area (Å²) in [6.45, 7) is 1.21. The zero-order valence-corrected chi connectivity index (χ0v) is 26.6. The molecule has 1 N–H and O–H groups in total. The van der Waals surface area contributed by atoms with Gasteiger partial charge in [0, 0.05) is 54.2 Å². The molecule has 1 saturated carbocycles. The molecule has 2 aromatic heterocycles. The Morgan fingerprint density at radius 1 is 1.09 bits per heavy atom. The van der Waals surface area contributed by atoms with E-state index in [1.165, 1.54) is 18.5 Å². The molecule has 2 fully saturated rings. The van der Waals surface area contributed by atoms with Crippen LogP contribution in [0.15, 0.2) is 55.0 Å². The van der Waals surface area contributed by atoms with Gasteiger partial charge in [-0.25, -0.2) is 0 Å². The van der Waals surface area contributed by atoms with Gasteiger partial charge in [0.2, 0.25) is 0 Å². The number of halogens is 1. The molecule has 2 aliphatic heterocycles. The Kier molecular flexibility index (Phi) is 7.89. The molecule has 4 heterocycles. The molecule has 2 aromatic carbocycles. The first-order valence-electron chi connectivity index (χ1n) is 14.0. The summed E-state index contributed by atoms with van der Waals surface area (Å²) in [6.07, 6.45) is 7.64. The third kappa shape index (κ3) is 5.07. The zero-order valence-electron chi connectivity index (χ0n) is 23.8. The third-order valence-corrected chi connectivity index (χ3v) is 8.95. The van der Waals surface area contributed by atoms with E-state index < -0.39 is 17.5 Å². The number of carboxylic acid groups (broad SMARTS) is 1. The molecule has 214 valence electrons. The number of Topliss-reactive ketones (excluding diaryl/α,β-unsaturated/α-hetero) is 2. The molecule has 11 heteroatoms. The van der Waals surface area contributed by atoms with Gasteiger partial charge in [-0.3, -0.25) is 14.6 Å². The number of rotatable bonds is 6. The molecule has 0 unspecified atom stereocenters. The van der Waals surface area contributed by atoms with E-state index in [-0.39, 0.29) is 52.3 Å². The fraction of sp³-hybridized carbons (Fsp3) is 0.312.